The number of hydrogen-bond donors (Lipinski definition) is 0. The standard InChI is InChI=1S/C23H20ClNOS/c1-16-14-19-4-2-3-5-22(19)25(16)23(26)18-8-6-17(7-9-18)15-27-21-12-10-20(24)11-13-21/h2-13,16H,14-15H2,1H3/t16-/m1/s1. The maximum Gasteiger partial charge on any atom is 0.258 e. The summed E-state index contributed by atoms with van der Waals surface area (Å²) in [6, 6.07) is 24.2. The normalized spacial score (nSPS) is 15.6. The second kappa shape index (κ2) is 7.79. The second-order valence-electron chi connectivity index (χ2n) is 6.80. The Bertz CT molecular complexity index is 953. The van der Waals surface area contributed by atoms with Crippen LogP contribution in [0.15, 0.2) is 77.7 Å². The number of carbonyl (C=O) groups excluding carboxylic acids is 1. The van der Waals surface area contributed by atoms with E-state index in [0.29, 0.717) is 0 Å². The van der Waals surface area contributed by atoms with Gasteiger partial charge in [-0.15, -0.1) is 11.8 Å². The summed E-state index contributed by atoms with van der Waals surface area (Å²) >= 11 is 7.69. The van der Waals surface area contributed by atoms with Gasteiger partial charge in [0.1, 0.15) is 0 Å². The molecule has 0 fully saturated rings. The van der Waals surface area contributed by atoms with E-state index >= 15 is 0 Å². The molecular weight excluding hydrogens is 374 g/mol. The zero-order chi connectivity index (χ0) is 18.8. The summed E-state index contributed by atoms with van der Waals surface area (Å²) in [6.07, 6.45) is 0.914. The van der Waals surface area contributed by atoms with Crippen LogP contribution in [-0.4, -0.2) is 11.9 Å². The number of benzene rings is 3. The molecule has 0 radical (unpaired) electrons. The highest BCUT2D eigenvalue weighted by molar-refractivity contribution is 7.98. The molecule has 0 saturated heterocycles. The van der Waals surface area contributed by atoms with Crippen molar-refractivity contribution in [3.05, 3.63) is 94.5 Å². The number of carbonyl (C=O) groups is 1. The van der Waals surface area contributed by atoms with Crippen LogP contribution < -0.4 is 4.90 Å². The van der Waals surface area contributed by atoms with Crippen LogP contribution >= 0.6 is 23.4 Å². The van der Waals surface area contributed by atoms with E-state index in [0.717, 1.165) is 28.4 Å². The van der Waals surface area contributed by atoms with Crippen LogP contribution in [0.1, 0.15) is 28.4 Å². The molecule has 1 heterocycles. The molecule has 0 saturated carbocycles. The topological polar surface area (TPSA) is 20.3 Å². The minimum absolute atomic E-state index is 0.0735. The smallest absolute Gasteiger partial charge is 0.258 e. The molecule has 0 aromatic heterocycles. The van der Waals surface area contributed by atoms with Crippen LogP contribution in [0, 0.1) is 0 Å². The van der Waals surface area contributed by atoms with Crippen molar-refractivity contribution in [1.29, 1.82) is 0 Å². The lowest BCUT2D eigenvalue weighted by molar-refractivity contribution is 0.0981. The van der Waals surface area contributed by atoms with Crippen LogP contribution in [-0.2, 0) is 12.2 Å². The van der Waals surface area contributed by atoms with Crippen molar-refractivity contribution in [3.8, 4) is 0 Å². The van der Waals surface area contributed by atoms with E-state index in [1.165, 1.54) is 16.0 Å². The molecule has 27 heavy (non-hydrogen) atoms. The fourth-order valence-electron chi connectivity index (χ4n) is 3.46. The van der Waals surface area contributed by atoms with E-state index in [4.69, 9.17) is 11.6 Å². The minimum Gasteiger partial charge on any atom is -0.305 e. The van der Waals surface area contributed by atoms with Gasteiger partial charge in [0.05, 0.1) is 0 Å². The number of nitrogens with zero attached hydrogens (tertiary/aromatic N) is 1. The average molecular weight is 394 g/mol. The maximum atomic E-state index is 13.1. The molecule has 1 aliphatic rings. The van der Waals surface area contributed by atoms with E-state index in [-0.39, 0.29) is 11.9 Å². The zero-order valence-corrected chi connectivity index (χ0v) is 16.6. The van der Waals surface area contributed by atoms with Gasteiger partial charge in [-0.1, -0.05) is 41.9 Å². The molecule has 3 aromatic rings. The number of halogens is 1. The molecule has 3 aromatic carbocycles. The quantitative estimate of drug-likeness (QED) is 0.490. The third kappa shape index (κ3) is 3.90. The first-order valence-electron chi connectivity index (χ1n) is 9.00. The van der Waals surface area contributed by atoms with Crippen LogP contribution in [0.25, 0.3) is 0 Å². The average Bonchev–Trinajstić information content (AvgIpc) is 3.03. The highest BCUT2D eigenvalue weighted by Gasteiger charge is 2.31. The van der Waals surface area contributed by atoms with Gasteiger partial charge in [-0.05, 0) is 66.9 Å². The first kappa shape index (κ1) is 18.1. The predicted octanol–water partition coefficient (Wildman–Crippen LogP) is 6.22. The lowest BCUT2D eigenvalue weighted by atomic mass is 10.1. The lowest BCUT2D eigenvalue weighted by Crippen LogP contribution is -2.35. The van der Waals surface area contributed by atoms with Gasteiger partial charge in [0.25, 0.3) is 5.91 Å². The number of rotatable bonds is 4. The first-order valence-corrected chi connectivity index (χ1v) is 10.4. The molecule has 1 amide bonds. The van der Waals surface area contributed by atoms with Crippen LogP contribution in [0.5, 0.6) is 0 Å². The Hall–Kier alpha value is -2.23. The van der Waals surface area contributed by atoms with Gasteiger partial charge in [0.2, 0.25) is 0 Å². The molecule has 4 heteroatoms. The van der Waals surface area contributed by atoms with E-state index in [9.17, 15) is 4.79 Å². The van der Waals surface area contributed by atoms with Gasteiger partial charge in [-0.2, -0.15) is 0 Å². The lowest BCUT2D eigenvalue weighted by Gasteiger charge is -2.23. The monoisotopic (exact) mass is 393 g/mol. The number of amides is 1. The van der Waals surface area contributed by atoms with Crippen molar-refractivity contribution >= 4 is 35.0 Å². The third-order valence-corrected chi connectivity index (χ3v) is 6.18. The predicted molar refractivity (Wildman–Crippen MR) is 114 cm³/mol. The molecule has 2 nitrogen and oxygen atoms in total. The summed E-state index contributed by atoms with van der Waals surface area (Å²) in [6.45, 7) is 2.11. The Morgan fingerprint density at radius 1 is 1.04 bits per heavy atom. The molecular formula is C23H20ClNOS. The van der Waals surface area contributed by atoms with E-state index < -0.39 is 0 Å². The molecule has 1 atom stereocenters. The molecule has 0 aliphatic carbocycles. The highest BCUT2D eigenvalue weighted by Crippen LogP contribution is 2.33. The highest BCUT2D eigenvalue weighted by atomic mass is 35.5. The number of hydrogen-bond acceptors (Lipinski definition) is 2. The fourth-order valence-corrected chi connectivity index (χ4v) is 4.44. The Morgan fingerprint density at radius 2 is 1.74 bits per heavy atom. The van der Waals surface area contributed by atoms with Gasteiger partial charge < -0.3 is 4.90 Å². The van der Waals surface area contributed by atoms with E-state index in [1.807, 2.05) is 71.6 Å². The van der Waals surface area contributed by atoms with Gasteiger partial charge in [-0.25, -0.2) is 0 Å². The number of anilines is 1. The molecule has 1 aliphatic heterocycles. The van der Waals surface area contributed by atoms with Crippen molar-refractivity contribution in [2.75, 3.05) is 4.90 Å². The van der Waals surface area contributed by atoms with E-state index in [2.05, 4.69) is 13.0 Å². The number of fused-ring (bicyclic) bond motifs is 1. The minimum atomic E-state index is 0.0735. The molecule has 0 unspecified atom stereocenters. The summed E-state index contributed by atoms with van der Waals surface area (Å²) in [5, 5.41) is 0.750. The van der Waals surface area contributed by atoms with Crippen molar-refractivity contribution in [1.82, 2.24) is 0 Å². The molecule has 0 spiro atoms. The maximum absolute atomic E-state index is 13.1. The summed E-state index contributed by atoms with van der Waals surface area (Å²) in [4.78, 5) is 16.2. The third-order valence-electron chi connectivity index (χ3n) is 4.85. The molecule has 0 bridgehead atoms. The first-order chi connectivity index (χ1) is 13.1. The summed E-state index contributed by atoms with van der Waals surface area (Å²) in [5.74, 6) is 0.934. The van der Waals surface area contributed by atoms with Gasteiger partial charge in [-0.3, -0.25) is 4.79 Å². The zero-order valence-electron chi connectivity index (χ0n) is 15.1. The van der Waals surface area contributed by atoms with Gasteiger partial charge in [0, 0.05) is 33.0 Å². The van der Waals surface area contributed by atoms with Crippen LogP contribution in [0.4, 0.5) is 5.69 Å². The second-order valence-corrected chi connectivity index (χ2v) is 8.28. The SMILES string of the molecule is C[C@@H]1Cc2ccccc2N1C(=O)c1ccc(CSc2ccc(Cl)cc2)cc1. The summed E-state index contributed by atoms with van der Waals surface area (Å²) in [7, 11) is 0. The Kier molecular flexibility index (Phi) is 5.24. The van der Waals surface area contributed by atoms with Crippen molar-refractivity contribution in [3.63, 3.8) is 0 Å². The Balaban J connectivity index is 1.46. The van der Waals surface area contributed by atoms with Gasteiger partial charge in [0.15, 0.2) is 0 Å². The number of thioether (sulfide) groups is 1. The van der Waals surface area contributed by atoms with Crippen molar-refractivity contribution < 1.29 is 4.79 Å². The van der Waals surface area contributed by atoms with Crippen molar-refractivity contribution in [2.24, 2.45) is 0 Å². The largest absolute Gasteiger partial charge is 0.305 e. The van der Waals surface area contributed by atoms with Crippen LogP contribution in [0.3, 0.4) is 0 Å². The molecule has 0 N–H and O–H groups in total. The number of para-hydroxylation sites is 1. The Labute approximate surface area is 169 Å². The van der Waals surface area contributed by atoms with E-state index in [1.54, 1.807) is 11.8 Å². The van der Waals surface area contributed by atoms with Crippen LogP contribution in [0.2, 0.25) is 5.02 Å². The summed E-state index contributed by atoms with van der Waals surface area (Å²) < 4.78 is 0. The van der Waals surface area contributed by atoms with Crippen molar-refractivity contribution in [2.45, 2.75) is 30.0 Å². The van der Waals surface area contributed by atoms with Gasteiger partial charge >= 0.3 is 0 Å². The molecule has 4 rings (SSSR count). The Morgan fingerprint density at radius 3 is 2.48 bits per heavy atom. The summed E-state index contributed by atoms with van der Waals surface area (Å²) in [5.41, 5.74) is 4.21. The fraction of sp³-hybridized carbons (Fsp3) is 0.174. The molecule has 136 valence electrons.